The summed E-state index contributed by atoms with van der Waals surface area (Å²) in [6, 6.07) is 6.07. The van der Waals surface area contributed by atoms with Gasteiger partial charge in [-0.2, -0.15) is 11.8 Å². The number of hydrogen-bond donors (Lipinski definition) is 1. The highest BCUT2D eigenvalue weighted by atomic mass is 35.5. The van der Waals surface area contributed by atoms with Gasteiger partial charge in [0.15, 0.2) is 0 Å². The average molecular weight is 303 g/mol. The number of thioether (sulfide) groups is 1. The minimum atomic E-state index is 0.720. The van der Waals surface area contributed by atoms with Gasteiger partial charge in [0.1, 0.15) is 0 Å². The lowest BCUT2D eigenvalue weighted by Gasteiger charge is -2.23. The molecule has 0 amide bonds. The zero-order valence-corrected chi connectivity index (χ0v) is 13.5. The zero-order chi connectivity index (χ0) is 14.1. The van der Waals surface area contributed by atoms with E-state index in [2.05, 4.69) is 29.6 Å². The predicted molar refractivity (Wildman–Crippen MR) is 86.7 cm³/mol. The molecule has 1 aromatic carbocycles. The van der Waals surface area contributed by atoms with Gasteiger partial charge >= 0.3 is 0 Å². The number of nitrogens with one attached hydrogen (secondary N) is 1. The summed E-state index contributed by atoms with van der Waals surface area (Å²) in [6.45, 7) is 3.37. The molecule has 19 heavy (non-hydrogen) atoms. The molecule has 0 aliphatic carbocycles. The van der Waals surface area contributed by atoms with Crippen molar-refractivity contribution in [1.29, 1.82) is 0 Å². The third-order valence-electron chi connectivity index (χ3n) is 2.88. The number of benzene rings is 1. The molecule has 1 rings (SSSR count). The summed E-state index contributed by atoms with van der Waals surface area (Å²) in [6.07, 6.45) is 2.12. The molecule has 0 unspecified atom stereocenters. The minimum Gasteiger partial charge on any atom is -0.383 e. The fourth-order valence-electron chi connectivity index (χ4n) is 1.87. The van der Waals surface area contributed by atoms with Gasteiger partial charge in [0, 0.05) is 39.5 Å². The first-order valence-electron chi connectivity index (χ1n) is 6.37. The SMILES string of the molecule is COCCNCc1cccc(Cl)c1N(C)CCSC. The van der Waals surface area contributed by atoms with Crippen molar-refractivity contribution in [3.05, 3.63) is 28.8 Å². The van der Waals surface area contributed by atoms with E-state index in [1.165, 1.54) is 5.56 Å². The second kappa shape index (κ2) is 9.48. The first-order valence-corrected chi connectivity index (χ1v) is 8.15. The highest BCUT2D eigenvalue weighted by molar-refractivity contribution is 7.98. The van der Waals surface area contributed by atoms with Crippen LogP contribution in [0.15, 0.2) is 18.2 Å². The lowest BCUT2D eigenvalue weighted by atomic mass is 10.1. The number of halogens is 1. The average Bonchev–Trinajstić information content (AvgIpc) is 2.41. The van der Waals surface area contributed by atoms with E-state index in [0.29, 0.717) is 0 Å². The molecule has 0 heterocycles. The highest BCUT2D eigenvalue weighted by Crippen LogP contribution is 2.29. The van der Waals surface area contributed by atoms with Crippen LogP contribution in [0, 0.1) is 0 Å². The van der Waals surface area contributed by atoms with Crippen molar-refractivity contribution in [2.75, 3.05) is 50.8 Å². The lowest BCUT2D eigenvalue weighted by molar-refractivity contribution is 0.199. The van der Waals surface area contributed by atoms with Crippen molar-refractivity contribution in [3.8, 4) is 0 Å². The third kappa shape index (κ3) is 5.61. The van der Waals surface area contributed by atoms with Gasteiger partial charge in [-0.25, -0.2) is 0 Å². The van der Waals surface area contributed by atoms with E-state index in [4.69, 9.17) is 16.3 Å². The zero-order valence-electron chi connectivity index (χ0n) is 11.9. The van der Waals surface area contributed by atoms with Crippen molar-refractivity contribution in [1.82, 2.24) is 5.32 Å². The Labute approximate surface area is 125 Å². The van der Waals surface area contributed by atoms with Gasteiger partial charge in [-0.05, 0) is 17.9 Å². The third-order valence-corrected chi connectivity index (χ3v) is 3.78. The van der Waals surface area contributed by atoms with Crippen molar-refractivity contribution < 1.29 is 4.74 Å². The number of rotatable bonds is 9. The van der Waals surface area contributed by atoms with E-state index >= 15 is 0 Å². The Bertz CT molecular complexity index is 376. The maximum absolute atomic E-state index is 6.34. The smallest absolute Gasteiger partial charge is 0.0642 e. The van der Waals surface area contributed by atoms with Crippen LogP contribution in [-0.2, 0) is 11.3 Å². The number of anilines is 1. The standard InChI is InChI=1S/C14H23ClN2OS/c1-17(8-10-19-3)14-12(5-4-6-13(14)15)11-16-7-9-18-2/h4-6,16H,7-11H2,1-3H3. The molecule has 0 saturated heterocycles. The van der Waals surface area contributed by atoms with Gasteiger partial charge in [-0.1, -0.05) is 23.7 Å². The summed E-state index contributed by atoms with van der Waals surface area (Å²) in [5, 5.41) is 4.18. The molecule has 1 N–H and O–H groups in total. The fourth-order valence-corrected chi connectivity index (χ4v) is 2.66. The molecule has 0 spiro atoms. The van der Waals surface area contributed by atoms with Crippen molar-refractivity contribution in [2.24, 2.45) is 0 Å². The van der Waals surface area contributed by atoms with Crippen LogP contribution in [0.1, 0.15) is 5.56 Å². The Morgan fingerprint density at radius 1 is 1.42 bits per heavy atom. The largest absolute Gasteiger partial charge is 0.383 e. The van der Waals surface area contributed by atoms with Crippen molar-refractivity contribution >= 4 is 29.1 Å². The van der Waals surface area contributed by atoms with Crippen molar-refractivity contribution in [2.45, 2.75) is 6.54 Å². The Morgan fingerprint density at radius 2 is 2.21 bits per heavy atom. The second-order valence-electron chi connectivity index (χ2n) is 4.33. The molecule has 0 saturated carbocycles. The van der Waals surface area contributed by atoms with Crippen LogP contribution in [0.4, 0.5) is 5.69 Å². The molecule has 108 valence electrons. The van der Waals surface area contributed by atoms with E-state index in [-0.39, 0.29) is 0 Å². The fraction of sp³-hybridized carbons (Fsp3) is 0.571. The summed E-state index contributed by atoms with van der Waals surface area (Å²) >= 11 is 8.19. The Morgan fingerprint density at radius 3 is 2.89 bits per heavy atom. The molecule has 1 aromatic rings. The van der Waals surface area contributed by atoms with E-state index < -0.39 is 0 Å². The summed E-state index contributed by atoms with van der Waals surface area (Å²) in [4.78, 5) is 2.23. The van der Waals surface area contributed by atoms with Crippen LogP contribution in [0.25, 0.3) is 0 Å². The quantitative estimate of drug-likeness (QED) is 0.709. The van der Waals surface area contributed by atoms with E-state index in [1.54, 1.807) is 7.11 Å². The number of nitrogens with zero attached hydrogens (tertiary/aromatic N) is 1. The molecular formula is C14H23ClN2OS. The van der Waals surface area contributed by atoms with Crippen molar-refractivity contribution in [3.63, 3.8) is 0 Å². The summed E-state index contributed by atoms with van der Waals surface area (Å²) in [5.41, 5.74) is 2.36. The highest BCUT2D eigenvalue weighted by Gasteiger charge is 2.11. The van der Waals surface area contributed by atoms with Gasteiger partial charge in [-0.15, -0.1) is 0 Å². The van der Waals surface area contributed by atoms with Crippen LogP contribution in [0.5, 0.6) is 0 Å². The summed E-state index contributed by atoms with van der Waals surface area (Å²) < 4.78 is 5.03. The number of methoxy groups -OCH3 is 1. The number of hydrogen-bond acceptors (Lipinski definition) is 4. The minimum absolute atomic E-state index is 0.720. The number of para-hydroxylation sites is 1. The van der Waals surface area contributed by atoms with Gasteiger partial charge < -0.3 is 15.0 Å². The lowest BCUT2D eigenvalue weighted by Crippen LogP contribution is -2.24. The maximum Gasteiger partial charge on any atom is 0.0642 e. The summed E-state index contributed by atoms with van der Waals surface area (Å²) in [7, 11) is 3.80. The van der Waals surface area contributed by atoms with Gasteiger partial charge in [0.2, 0.25) is 0 Å². The molecule has 0 bridgehead atoms. The van der Waals surface area contributed by atoms with Crippen LogP contribution in [0.2, 0.25) is 5.02 Å². The van der Waals surface area contributed by atoms with Crippen LogP contribution in [-0.4, -0.2) is 45.9 Å². The number of ether oxygens (including phenoxy) is 1. The molecule has 0 radical (unpaired) electrons. The maximum atomic E-state index is 6.34. The molecule has 3 nitrogen and oxygen atoms in total. The molecule has 5 heteroatoms. The molecule has 0 aliphatic heterocycles. The van der Waals surface area contributed by atoms with Gasteiger partial charge in [0.05, 0.1) is 17.3 Å². The predicted octanol–water partition coefficient (Wildman–Crippen LogP) is 2.88. The molecule has 0 fully saturated rings. The summed E-state index contributed by atoms with van der Waals surface area (Å²) in [5.74, 6) is 1.10. The van der Waals surface area contributed by atoms with Crippen LogP contribution >= 0.6 is 23.4 Å². The Balaban J connectivity index is 2.71. The second-order valence-corrected chi connectivity index (χ2v) is 5.72. The normalized spacial score (nSPS) is 10.7. The van der Waals surface area contributed by atoms with E-state index in [9.17, 15) is 0 Å². The molecule has 0 atom stereocenters. The van der Waals surface area contributed by atoms with E-state index in [1.807, 2.05) is 23.9 Å². The van der Waals surface area contributed by atoms with E-state index in [0.717, 1.165) is 42.7 Å². The van der Waals surface area contributed by atoms with Crippen LogP contribution in [0.3, 0.4) is 0 Å². The first-order chi connectivity index (χ1) is 9.20. The first kappa shape index (κ1) is 16.6. The molecular weight excluding hydrogens is 280 g/mol. The van der Waals surface area contributed by atoms with Gasteiger partial charge in [0.25, 0.3) is 0 Å². The molecule has 0 aliphatic rings. The van der Waals surface area contributed by atoms with Gasteiger partial charge in [-0.3, -0.25) is 0 Å². The monoisotopic (exact) mass is 302 g/mol. The Kier molecular flexibility index (Phi) is 8.30. The van der Waals surface area contributed by atoms with Crippen LogP contribution < -0.4 is 10.2 Å². The Hall–Kier alpha value is -0.420. The topological polar surface area (TPSA) is 24.5 Å². The molecule has 0 aromatic heterocycles.